The van der Waals surface area contributed by atoms with Crippen LogP contribution in [-0.2, 0) is 9.53 Å². The Hall–Kier alpha value is -0.530. The van der Waals surface area contributed by atoms with E-state index in [-0.39, 0.29) is 15.9 Å². The Balaban J connectivity index is 2.45. The van der Waals surface area contributed by atoms with Gasteiger partial charge in [-0.1, -0.05) is 32.6 Å². The average Bonchev–Trinajstić information content (AvgIpc) is 2.37. The lowest BCUT2D eigenvalue weighted by molar-refractivity contribution is -0.140. The quantitative estimate of drug-likeness (QED) is 0.508. The zero-order chi connectivity index (χ0) is 15.0. The lowest BCUT2D eigenvalue weighted by atomic mass is 9.72. The van der Waals surface area contributed by atoms with Gasteiger partial charge in [0.25, 0.3) is 0 Å². The summed E-state index contributed by atoms with van der Waals surface area (Å²) in [6, 6.07) is 0. The summed E-state index contributed by atoms with van der Waals surface area (Å²) in [4.78, 5) is 22.7. The number of rotatable bonds is 7. The topological polar surface area (TPSA) is 75.6 Å². The third-order valence-electron chi connectivity index (χ3n) is 3.80. The maximum absolute atomic E-state index is 11.7. The van der Waals surface area contributed by atoms with E-state index in [4.69, 9.17) is 9.84 Å². The Morgan fingerprint density at radius 3 is 2.55 bits per heavy atom. The number of alkyl halides is 1. The van der Waals surface area contributed by atoms with Crippen LogP contribution in [0.1, 0.15) is 58.3 Å². The SMILES string of the molecule is CCCC(I)OC(=O)NCC1(CC(=O)O)CCCCC1. The molecule has 0 radical (unpaired) electrons. The van der Waals surface area contributed by atoms with Crippen molar-refractivity contribution in [1.29, 1.82) is 0 Å². The number of amides is 1. The third-order valence-corrected chi connectivity index (χ3v) is 4.68. The van der Waals surface area contributed by atoms with Crippen molar-refractivity contribution in [2.75, 3.05) is 6.54 Å². The van der Waals surface area contributed by atoms with Crippen molar-refractivity contribution in [2.45, 2.75) is 62.4 Å². The van der Waals surface area contributed by atoms with E-state index in [0.717, 1.165) is 44.9 Å². The number of carbonyl (C=O) groups is 2. The lowest BCUT2D eigenvalue weighted by Gasteiger charge is -2.36. The molecule has 1 atom stereocenters. The Labute approximate surface area is 134 Å². The van der Waals surface area contributed by atoms with E-state index in [2.05, 4.69) is 27.9 Å². The smallest absolute Gasteiger partial charge is 0.408 e. The van der Waals surface area contributed by atoms with E-state index in [0.29, 0.717) is 6.54 Å². The molecule has 116 valence electrons. The summed E-state index contributed by atoms with van der Waals surface area (Å²) in [5.74, 6) is -0.792. The third kappa shape index (κ3) is 6.28. The molecule has 1 unspecified atom stereocenters. The molecule has 1 aliphatic carbocycles. The number of hydrogen-bond donors (Lipinski definition) is 2. The van der Waals surface area contributed by atoms with Crippen LogP contribution in [0.3, 0.4) is 0 Å². The normalized spacial score (nSPS) is 19.1. The van der Waals surface area contributed by atoms with Gasteiger partial charge in [-0.3, -0.25) is 4.79 Å². The first kappa shape index (κ1) is 17.5. The van der Waals surface area contributed by atoms with Crippen LogP contribution in [0, 0.1) is 5.41 Å². The summed E-state index contributed by atoms with van der Waals surface area (Å²) >= 11 is 2.10. The molecule has 20 heavy (non-hydrogen) atoms. The van der Waals surface area contributed by atoms with Crippen molar-refractivity contribution in [3.8, 4) is 0 Å². The van der Waals surface area contributed by atoms with Crippen molar-refractivity contribution in [3.63, 3.8) is 0 Å². The molecule has 0 aromatic heterocycles. The highest BCUT2D eigenvalue weighted by Gasteiger charge is 2.35. The van der Waals surface area contributed by atoms with Crippen LogP contribution in [0.15, 0.2) is 0 Å². The van der Waals surface area contributed by atoms with Gasteiger partial charge in [-0.15, -0.1) is 0 Å². The largest absolute Gasteiger partial charge is 0.481 e. The van der Waals surface area contributed by atoms with Crippen molar-refractivity contribution >= 4 is 34.7 Å². The van der Waals surface area contributed by atoms with Gasteiger partial charge in [0.15, 0.2) is 4.11 Å². The number of hydrogen-bond acceptors (Lipinski definition) is 3. The minimum atomic E-state index is -0.792. The van der Waals surface area contributed by atoms with E-state index in [1.807, 2.05) is 6.92 Å². The predicted molar refractivity (Wildman–Crippen MR) is 85.0 cm³/mol. The first-order valence-corrected chi connectivity index (χ1v) is 8.52. The summed E-state index contributed by atoms with van der Waals surface area (Å²) in [6.45, 7) is 2.43. The summed E-state index contributed by atoms with van der Waals surface area (Å²) in [7, 11) is 0. The molecule has 0 spiro atoms. The summed E-state index contributed by atoms with van der Waals surface area (Å²) < 4.78 is 5.10. The number of carboxylic acids is 1. The minimum absolute atomic E-state index is 0.121. The van der Waals surface area contributed by atoms with Crippen molar-refractivity contribution in [1.82, 2.24) is 5.32 Å². The van der Waals surface area contributed by atoms with Crippen LogP contribution in [0.4, 0.5) is 4.79 Å². The van der Waals surface area contributed by atoms with Crippen molar-refractivity contribution in [3.05, 3.63) is 0 Å². The van der Waals surface area contributed by atoms with Gasteiger partial charge >= 0.3 is 12.1 Å². The van der Waals surface area contributed by atoms with Gasteiger partial charge in [-0.2, -0.15) is 0 Å². The number of halogens is 1. The molecular weight excluding hydrogens is 373 g/mol. The number of carboxylic acid groups (broad SMARTS) is 1. The zero-order valence-electron chi connectivity index (χ0n) is 12.0. The van der Waals surface area contributed by atoms with Gasteiger partial charge in [-0.05, 0) is 47.3 Å². The maximum Gasteiger partial charge on any atom is 0.408 e. The molecule has 1 aliphatic rings. The van der Waals surface area contributed by atoms with Gasteiger partial charge in [0.1, 0.15) is 0 Å². The summed E-state index contributed by atoms with van der Waals surface area (Å²) in [5.41, 5.74) is -0.297. The monoisotopic (exact) mass is 397 g/mol. The van der Waals surface area contributed by atoms with Gasteiger partial charge in [-0.25, -0.2) is 4.79 Å². The number of carbonyl (C=O) groups excluding carboxylic acids is 1. The van der Waals surface area contributed by atoms with E-state index >= 15 is 0 Å². The van der Waals surface area contributed by atoms with Crippen LogP contribution in [0.25, 0.3) is 0 Å². The Morgan fingerprint density at radius 2 is 2.00 bits per heavy atom. The van der Waals surface area contributed by atoms with Crippen molar-refractivity contribution < 1.29 is 19.4 Å². The Morgan fingerprint density at radius 1 is 1.35 bits per heavy atom. The van der Waals surface area contributed by atoms with E-state index in [1.165, 1.54) is 0 Å². The van der Waals surface area contributed by atoms with Crippen LogP contribution >= 0.6 is 22.6 Å². The Kier molecular flexibility index (Phi) is 7.61. The fourth-order valence-electron chi connectivity index (χ4n) is 2.74. The molecular formula is C14H24INO4. The second kappa shape index (κ2) is 8.69. The number of alkyl carbamates (subject to hydrolysis) is 1. The molecule has 5 nitrogen and oxygen atoms in total. The summed E-state index contributed by atoms with van der Waals surface area (Å²) in [6.07, 6.45) is 6.42. The molecule has 1 fully saturated rings. The highest BCUT2D eigenvalue weighted by atomic mass is 127. The standard InChI is InChI=1S/C14H24INO4/c1-2-6-11(15)20-13(19)16-10-14(9-12(17)18)7-4-3-5-8-14/h11H,2-10H2,1H3,(H,16,19)(H,17,18). The predicted octanol–water partition coefficient (Wildman–Crippen LogP) is 3.70. The fourth-order valence-corrected chi connectivity index (χ4v) is 3.60. The molecule has 1 rings (SSSR count). The van der Waals surface area contributed by atoms with E-state index in [1.54, 1.807) is 0 Å². The highest BCUT2D eigenvalue weighted by Crippen LogP contribution is 2.38. The van der Waals surface area contributed by atoms with Gasteiger partial charge in [0.05, 0.1) is 6.42 Å². The lowest BCUT2D eigenvalue weighted by Crippen LogP contribution is -2.41. The molecule has 0 aliphatic heterocycles. The molecule has 0 heterocycles. The van der Waals surface area contributed by atoms with E-state index < -0.39 is 12.1 Å². The molecule has 0 saturated heterocycles. The van der Waals surface area contributed by atoms with Crippen molar-refractivity contribution in [2.24, 2.45) is 5.41 Å². The number of ether oxygens (including phenoxy) is 1. The number of aliphatic carboxylic acids is 1. The summed E-state index contributed by atoms with van der Waals surface area (Å²) in [5, 5.41) is 11.8. The first-order chi connectivity index (χ1) is 9.47. The van der Waals surface area contributed by atoms with Crippen LogP contribution in [0.5, 0.6) is 0 Å². The molecule has 6 heteroatoms. The molecule has 1 saturated carbocycles. The zero-order valence-corrected chi connectivity index (χ0v) is 14.1. The average molecular weight is 397 g/mol. The molecule has 0 bridgehead atoms. The molecule has 0 aromatic rings. The van der Waals surface area contributed by atoms with E-state index in [9.17, 15) is 9.59 Å². The van der Waals surface area contributed by atoms with Crippen LogP contribution in [0.2, 0.25) is 0 Å². The van der Waals surface area contributed by atoms with Crippen LogP contribution in [-0.4, -0.2) is 27.8 Å². The minimum Gasteiger partial charge on any atom is -0.481 e. The first-order valence-electron chi connectivity index (χ1n) is 7.28. The van der Waals surface area contributed by atoms with Gasteiger partial charge in [0, 0.05) is 6.54 Å². The Bertz CT molecular complexity index is 329. The number of nitrogens with one attached hydrogen (secondary N) is 1. The molecule has 2 N–H and O–H groups in total. The molecule has 0 aromatic carbocycles. The second-order valence-electron chi connectivity index (χ2n) is 5.59. The maximum atomic E-state index is 11.7. The fraction of sp³-hybridized carbons (Fsp3) is 0.857. The van der Waals surface area contributed by atoms with Gasteiger partial charge < -0.3 is 15.2 Å². The molecule has 1 amide bonds. The highest BCUT2D eigenvalue weighted by molar-refractivity contribution is 14.1. The second-order valence-corrected chi connectivity index (χ2v) is 6.98. The van der Waals surface area contributed by atoms with Gasteiger partial charge in [0.2, 0.25) is 0 Å². The van der Waals surface area contributed by atoms with Crippen LogP contribution < -0.4 is 5.32 Å².